The molecule has 0 aliphatic rings. The van der Waals surface area contributed by atoms with Gasteiger partial charge in [0.2, 0.25) is 5.91 Å². The smallest absolute Gasteiger partial charge is 0.230 e. The van der Waals surface area contributed by atoms with Gasteiger partial charge in [-0.3, -0.25) is 4.79 Å². The van der Waals surface area contributed by atoms with Crippen LogP contribution in [0.15, 0.2) is 47.4 Å². The van der Waals surface area contributed by atoms with Crippen molar-refractivity contribution in [1.82, 2.24) is 5.32 Å². The first-order chi connectivity index (χ1) is 9.15. The van der Waals surface area contributed by atoms with Gasteiger partial charge in [0, 0.05) is 11.4 Å². The summed E-state index contributed by atoms with van der Waals surface area (Å²) in [5.41, 5.74) is 0. The molecular weight excluding hydrogens is 254 g/mol. The van der Waals surface area contributed by atoms with Crippen LogP contribution in [0.3, 0.4) is 0 Å². The number of carbonyl (C=O) groups excluding carboxylic acids is 1. The highest BCUT2D eigenvalue weighted by Gasteiger charge is 2.04. The van der Waals surface area contributed by atoms with E-state index in [1.807, 2.05) is 12.1 Å². The number of thioether (sulfide) groups is 1. The Labute approximate surface area is 118 Å². The van der Waals surface area contributed by atoms with E-state index >= 15 is 0 Å². The van der Waals surface area contributed by atoms with Crippen molar-refractivity contribution in [3.8, 4) is 0 Å². The lowest BCUT2D eigenvalue weighted by Crippen LogP contribution is -2.28. The van der Waals surface area contributed by atoms with E-state index in [4.69, 9.17) is 0 Å². The van der Waals surface area contributed by atoms with Gasteiger partial charge in [0.1, 0.15) is 0 Å². The van der Waals surface area contributed by atoms with E-state index in [1.54, 1.807) is 11.8 Å². The van der Waals surface area contributed by atoms with Crippen LogP contribution in [0, 0.1) is 5.92 Å². The molecule has 0 aliphatic heterocycles. The lowest BCUT2D eigenvalue weighted by molar-refractivity contribution is -0.118. The molecule has 2 aromatic carbocycles. The summed E-state index contributed by atoms with van der Waals surface area (Å²) in [6.07, 6.45) is 0. The van der Waals surface area contributed by atoms with Crippen molar-refractivity contribution < 1.29 is 4.79 Å². The fourth-order valence-electron chi connectivity index (χ4n) is 1.78. The molecule has 0 radical (unpaired) electrons. The normalized spacial score (nSPS) is 10.9. The third-order valence-electron chi connectivity index (χ3n) is 2.80. The van der Waals surface area contributed by atoms with Crippen LogP contribution in [-0.4, -0.2) is 18.2 Å². The molecule has 2 aromatic rings. The predicted octanol–water partition coefficient (Wildman–Crippen LogP) is 3.70. The van der Waals surface area contributed by atoms with Crippen LogP contribution in [-0.2, 0) is 4.79 Å². The first-order valence-corrected chi connectivity index (χ1v) is 7.52. The molecule has 0 heterocycles. The number of amides is 1. The van der Waals surface area contributed by atoms with E-state index in [0.717, 1.165) is 11.4 Å². The molecule has 100 valence electrons. The second kappa shape index (κ2) is 6.62. The molecule has 0 saturated heterocycles. The zero-order chi connectivity index (χ0) is 13.7. The second-order valence-electron chi connectivity index (χ2n) is 5.00. The molecule has 0 fully saturated rings. The minimum absolute atomic E-state index is 0.104. The van der Waals surface area contributed by atoms with E-state index in [2.05, 4.69) is 49.5 Å². The maximum absolute atomic E-state index is 11.7. The molecule has 0 spiro atoms. The molecule has 0 bridgehead atoms. The van der Waals surface area contributed by atoms with Gasteiger partial charge in [0.25, 0.3) is 0 Å². The number of carbonyl (C=O) groups is 1. The van der Waals surface area contributed by atoms with Crippen LogP contribution in [0.1, 0.15) is 13.8 Å². The molecule has 0 aromatic heterocycles. The average Bonchev–Trinajstić information content (AvgIpc) is 2.42. The summed E-state index contributed by atoms with van der Waals surface area (Å²) in [5, 5.41) is 5.38. The highest BCUT2D eigenvalue weighted by molar-refractivity contribution is 8.00. The van der Waals surface area contributed by atoms with Gasteiger partial charge >= 0.3 is 0 Å². The molecule has 19 heavy (non-hydrogen) atoms. The number of benzene rings is 2. The van der Waals surface area contributed by atoms with Gasteiger partial charge in [-0.2, -0.15) is 0 Å². The van der Waals surface area contributed by atoms with E-state index in [9.17, 15) is 4.79 Å². The lowest BCUT2D eigenvalue weighted by Gasteiger charge is -2.07. The number of rotatable bonds is 5. The van der Waals surface area contributed by atoms with Crippen LogP contribution >= 0.6 is 11.8 Å². The Balaban J connectivity index is 1.92. The van der Waals surface area contributed by atoms with Crippen molar-refractivity contribution >= 4 is 28.4 Å². The Kier molecular flexibility index (Phi) is 4.86. The Morgan fingerprint density at radius 2 is 1.89 bits per heavy atom. The predicted molar refractivity (Wildman–Crippen MR) is 82.5 cm³/mol. The molecule has 1 N–H and O–H groups in total. The molecule has 2 nitrogen and oxygen atoms in total. The lowest BCUT2D eigenvalue weighted by atomic mass is 10.1. The third kappa shape index (κ3) is 4.28. The summed E-state index contributed by atoms with van der Waals surface area (Å²) in [7, 11) is 0. The Hall–Kier alpha value is -1.48. The van der Waals surface area contributed by atoms with Gasteiger partial charge in [0.05, 0.1) is 5.75 Å². The summed E-state index contributed by atoms with van der Waals surface area (Å²) in [5.74, 6) is 1.08. The maximum atomic E-state index is 11.7. The van der Waals surface area contributed by atoms with Crippen molar-refractivity contribution in [2.45, 2.75) is 18.7 Å². The Morgan fingerprint density at radius 1 is 1.16 bits per heavy atom. The van der Waals surface area contributed by atoms with Crippen molar-refractivity contribution in [1.29, 1.82) is 0 Å². The SMILES string of the molecule is CC(C)CNC(=O)CSc1ccc2ccccc2c1. The number of hydrogen-bond acceptors (Lipinski definition) is 2. The minimum Gasteiger partial charge on any atom is -0.355 e. The summed E-state index contributed by atoms with van der Waals surface area (Å²) >= 11 is 1.58. The van der Waals surface area contributed by atoms with Crippen molar-refractivity contribution in [2.75, 3.05) is 12.3 Å². The summed E-state index contributed by atoms with van der Waals surface area (Å²) in [4.78, 5) is 12.8. The fraction of sp³-hybridized carbons (Fsp3) is 0.312. The Morgan fingerprint density at radius 3 is 2.63 bits per heavy atom. The van der Waals surface area contributed by atoms with Crippen molar-refractivity contribution in [3.05, 3.63) is 42.5 Å². The summed E-state index contributed by atoms with van der Waals surface area (Å²) in [6.45, 7) is 4.94. The monoisotopic (exact) mass is 273 g/mol. The van der Waals surface area contributed by atoms with E-state index in [1.165, 1.54) is 10.8 Å². The van der Waals surface area contributed by atoms with Crippen LogP contribution in [0.2, 0.25) is 0 Å². The first kappa shape index (κ1) is 13.9. The van der Waals surface area contributed by atoms with E-state index < -0.39 is 0 Å². The standard InChI is InChI=1S/C16H19NOS/c1-12(2)10-17-16(18)11-19-15-8-7-13-5-3-4-6-14(13)9-15/h3-9,12H,10-11H2,1-2H3,(H,17,18). The molecule has 1 amide bonds. The molecule has 0 unspecified atom stereocenters. The number of nitrogens with one attached hydrogen (secondary N) is 1. The largest absolute Gasteiger partial charge is 0.355 e. The summed E-state index contributed by atoms with van der Waals surface area (Å²) < 4.78 is 0. The van der Waals surface area contributed by atoms with Crippen LogP contribution in [0.4, 0.5) is 0 Å². The molecule has 0 saturated carbocycles. The first-order valence-electron chi connectivity index (χ1n) is 6.53. The van der Waals surface area contributed by atoms with Crippen molar-refractivity contribution in [3.63, 3.8) is 0 Å². The quantitative estimate of drug-likeness (QED) is 0.842. The fourth-order valence-corrected chi connectivity index (χ4v) is 2.55. The van der Waals surface area contributed by atoms with Gasteiger partial charge in [0.15, 0.2) is 0 Å². The van der Waals surface area contributed by atoms with Gasteiger partial charge in [-0.05, 0) is 28.8 Å². The topological polar surface area (TPSA) is 29.1 Å². The van der Waals surface area contributed by atoms with Crippen LogP contribution in [0.25, 0.3) is 10.8 Å². The van der Waals surface area contributed by atoms with E-state index in [-0.39, 0.29) is 5.91 Å². The molecule has 0 aliphatic carbocycles. The van der Waals surface area contributed by atoms with Crippen LogP contribution in [0.5, 0.6) is 0 Å². The second-order valence-corrected chi connectivity index (χ2v) is 6.04. The number of hydrogen-bond donors (Lipinski definition) is 1. The zero-order valence-corrected chi connectivity index (χ0v) is 12.2. The van der Waals surface area contributed by atoms with E-state index in [0.29, 0.717) is 11.7 Å². The molecule has 2 rings (SSSR count). The highest BCUT2D eigenvalue weighted by atomic mass is 32.2. The maximum Gasteiger partial charge on any atom is 0.230 e. The van der Waals surface area contributed by atoms with Gasteiger partial charge in [-0.1, -0.05) is 44.2 Å². The average molecular weight is 273 g/mol. The summed E-state index contributed by atoms with van der Waals surface area (Å²) in [6, 6.07) is 14.6. The van der Waals surface area contributed by atoms with Gasteiger partial charge in [-0.25, -0.2) is 0 Å². The molecular formula is C16H19NOS. The zero-order valence-electron chi connectivity index (χ0n) is 11.3. The molecule has 0 atom stereocenters. The molecule has 3 heteroatoms. The Bertz CT molecular complexity index is 565. The third-order valence-corrected chi connectivity index (χ3v) is 3.79. The highest BCUT2D eigenvalue weighted by Crippen LogP contribution is 2.23. The number of fused-ring (bicyclic) bond motifs is 1. The van der Waals surface area contributed by atoms with Gasteiger partial charge < -0.3 is 5.32 Å². The van der Waals surface area contributed by atoms with Crippen LogP contribution < -0.4 is 5.32 Å². The minimum atomic E-state index is 0.104. The van der Waals surface area contributed by atoms with Gasteiger partial charge in [-0.15, -0.1) is 11.8 Å². The van der Waals surface area contributed by atoms with Crippen molar-refractivity contribution in [2.24, 2.45) is 5.92 Å².